The fourth-order valence-electron chi connectivity index (χ4n) is 2.65. The van der Waals surface area contributed by atoms with E-state index in [-0.39, 0.29) is 4.21 Å². The molecule has 1 saturated heterocycles. The lowest BCUT2D eigenvalue weighted by Crippen LogP contribution is -2.31. The summed E-state index contributed by atoms with van der Waals surface area (Å²) in [5.74, 6) is 1.21. The van der Waals surface area contributed by atoms with Crippen molar-refractivity contribution < 1.29 is 8.42 Å². The summed E-state index contributed by atoms with van der Waals surface area (Å²) < 4.78 is 27.0. The summed E-state index contributed by atoms with van der Waals surface area (Å²) in [5, 5.41) is 8.82. The standard InChI is InChI=1S/C14H20N2O2S2/c1-11(2)12-4-3-8-16(9-7-12)20(17,18)14-6-5-13(10-15)19-14/h5-6,11-12H,3-4,7-9H2,1-2H3. The van der Waals surface area contributed by atoms with E-state index in [9.17, 15) is 8.42 Å². The summed E-state index contributed by atoms with van der Waals surface area (Å²) in [5.41, 5.74) is 0. The van der Waals surface area contributed by atoms with E-state index in [2.05, 4.69) is 13.8 Å². The molecule has 0 amide bonds. The Balaban J connectivity index is 2.16. The predicted molar refractivity (Wildman–Crippen MR) is 80.0 cm³/mol. The lowest BCUT2D eigenvalue weighted by Gasteiger charge is -2.20. The highest BCUT2D eigenvalue weighted by molar-refractivity contribution is 7.91. The molecule has 1 aliphatic rings. The third kappa shape index (κ3) is 3.22. The fourth-order valence-corrected chi connectivity index (χ4v) is 5.40. The molecular weight excluding hydrogens is 292 g/mol. The molecule has 1 aromatic heterocycles. The van der Waals surface area contributed by atoms with Gasteiger partial charge < -0.3 is 0 Å². The summed E-state index contributed by atoms with van der Waals surface area (Å²) in [6.45, 7) is 5.58. The maximum Gasteiger partial charge on any atom is 0.252 e. The van der Waals surface area contributed by atoms with Gasteiger partial charge in [-0.2, -0.15) is 9.57 Å². The molecule has 0 aliphatic carbocycles. The van der Waals surface area contributed by atoms with Gasteiger partial charge in [0, 0.05) is 13.1 Å². The molecule has 0 aromatic carbocycles. The van der Waals surface area contributed by atoms with E-state index in [0.717, 1.165) is 30.6 Å². The molecule has 1 aliphatic heterocycles. The van der Waals surface area contributed by atoms with E-state index in [1.807, 2.05) is 6.07 Å². The summed E-state index contributed by atoms with van der Waals surface area (Å²) in [6, 6.07) is 5.11. The molecule has 0 spiro atoms. The van der Waals surface area contributed by atoms with Gasteiger partial charge in [-0.15, -0.1) is 11.3 Å². The summed E-state index contributed by atoms with van der Waals surface area (Å²) >= 11 is 1.06. The molecule has 6 heteroatoms. The van der Waals surface area contributed by atoms with E-state index >= 15 is 0 Å². The van der Waals surface area contributed by atoms with Gasteiger partial charge in [-0.25, -0.2) is 8.42 Å². The summed E-state index contributed by atoms with van der Waals surface area (Å²) in [6.07, 6.45) is 2.93. The zero-order chi connectivity index (χ0) is 14.8. The molecule has 1 aromatic rings. The van der Waals surface area contributed by atoms with Crippen molar-refractivity contribution in [1.29, 1.82) is 5.26 Å². The maximum atomic E-state index is 12.6. The number of rotatable bonds is 3. The molecule has 0 bridgehead atoms. The average Bonchev–Trinajstić information content (AvgIpc) is 2.75. The zero-order valence-electron chi connectivity index (χ0n) is 11.9. The number of thiophene rings is 1. The van der Waals surface area contributed by atoms with Crippen molar-refractivity contribution in [3.8, 4) is 6.07 Å². The average molecular weight is 312 g/mol. The lowest BCUT2D eigenvalue weighted by atomic mass is 9.89. The smallest absolute Gasteiger partial charge is 0.206 e. The van der Waals surface area contributed by atoms with Crippen LogP contribution in [0.2, 0.25) is 0 Å². The lowest BCUT2D eigenvalue weighted by molar-refractivity contribution is 0.341. The van der Waals surface area contributed by atoms with E-state index < -0.39 is 10.0 Å². The Morgan fingerprint density at radius 3 is 2.70 bits per heavy atom. The quantitative estimate of drug-likeness (QED) is 0.861. The van der Waals surface area contributed by atoms with Crippen LogP contribution in [-0.4, -0.2) is 25.8 Å². The van der Waals surface area contributed by atoms with Gasteiger partial charge in [0.1, 0.15) is 15.2 Å². The number of hydrogen-bond acceptors (Lipinski definition) is 4. The first-order valence-electron chi connectivity index (χ1n) is 6.95. The van der Waals surface area contributed by atoms with Crippen molar-refractivity contribution in [3.05, 3.63) is 17.0 Å². The first kappa shape index (κ1) is 15.5. The van der Waals surface area contributed by atoms with Crippen LogP contribution < -0.4 is 0 Å². The van der Waals surface area contributed by atoms with Crippen molar-refractivity contribution >= 4 is 21.4 Å². The summed E-state index contributed by atoms with van der Waals surface area (Å²) in [4.78, 5) is 0.443. The van der Waals surface area contributed by atoms with Crippen molar-refractivity contribution in [1.82, 2.24) is 4.31 Å². The van der Waals surface area contributed by atoms with Gasteiger partial charge in [-0.1, -0.05) is 13.8 Å². The molecule has 2 rings (SSSR count). The minimum absolute atomic E-state index is 0.289. The predicted octanol–water partition coefficient (Wildman–Crippen LogP) is 3.07. The molecule has 2 heterocycles. The van der Waals surface area contributed by atoms with Gasteiger partial charge in [0.25, 0.3) is 10.0 Å². The zero-order valence-corrected chi connectivity index (χ0v) is 13.5. The molecule has 0 radical (unpaired) electrons. The Hall–Kier alpha value is -0.900. The van der Waals surface area contributed by atoms with Crippen LogP contribution in [-0.2, 0) is 10.0 Å². The van der Waals surface area contributed by atoms with E-state index in [0.29, 0.717) is 29.8 Å². The third-order valence-electron chi connectivity index (χ3n) is 3.96. The van der Waals surface area contributed by atoms with Crippen LogP contribution in [0.4, 0.5) is 0 Å². The van der Waals surface area contributed by atoms with Crippen LogP contribution in [0.5, 0.6) is 0 Å². The minimum atomic E-state index is -3.42. The van der Waals surface area contributed by atoms with Crippen LogP contribution in [0.25, 0.3) is 0 Å². The van der Waals surface area contributed by atoms with Crippen LogP contribution in [0.15, 0.2) is 16.3 Å². The van der Waals surface area contributed by atoms with Gasteiger partial charge in [-0.3, -0.25) is 0 Å². The number of nitrogens with zero attached hydrogens (tertiary/aromatic N) is 2. The molecule has 1 atom stereocenters. The minimum Gasteiger partial charge on any atom is -0.206 e. The first-order chi connectivity index (χ1) is 9.45. The number of hydrogen-bond donors (Lipinski definition) is 0. The van der Waals surface area contributed by atoms with Crippen LogP contribution >= 0.6 is 11.3 Å². The van der Waals surface area contributed by atoms with E-state index in [4.69, 9.17) is 5.26 Å². The summed E-state index contributed by atoms with van der Waals surface area (Å²) in [7, 11) is -3.42. The molecule has 0 saturated carbocycles. The second kappa shape index (κ2) is 6.25. The van der Waals surface area contributed by atoms with Gasteiger partial charge >= 0.3 is 0 Å². The second-order valence-corrected chi connectivity index (χ2v) is 8.82. The Labute approximate surface area is 125 Å². The van der Waals surface area contributed by atoms with E-state index in [1.54, 1.807) is 16.4 Å². The molecule has 20 heavy (non-hydrogen) atoms. The monoisotopic (exact) mass is 312 g/mol. The normalized spacial score (nSPS) is 21.6. The Morgan fingerprint density at radius 1 is 1.35 bits per heavy atom. The van der Waals surface area contributed by atoms with Crippen molar-refractivity contribution in [2.75, 3.05) is 13.1 Å². The SMILES string of the molecule is CC(C)C1CCCN(S(=O)(=O)c2ccc(C#N)s2)CC1. The van der Waals surface area contributed by atoms with Crippen LogP contribution in [0, 0.1) is 23.2 Å². The Morgan fingerprint density at radius 2 is 2.10 bits per heavy atom. The largest absolute Gasteiger partial charge is 0.252 e. The van der Waals surface area contributed by atoms with Crippen LogP contribution in [0.1, 0.15) is 38.0 Å². The molecule has 1 fully saturated rings. The van der Waals surface area contributed by atoms with Crippen LogP contribution in [0.3, 0.4) is 0 Å². The number of sulfonamides is 1. The topological polar surface area (TPSA) is 61.2 Å². The van der Waals surface area contributed by atoms with Gasteiger partial charge in [0.15, 0.2) is 0 Å². The Kier molecular flexibility index (Phi) is 4.84. The molecule has 0 N–H and O–H groups in total. The molecule has 4 nitrogen and oxygen atoms in total. The molecule has 1 unspecified atom stereocenters. The fraction of sp³-hybridized carbons (Fsp3) is 0.643. The van der Waals surface area contributed by atoms with Gasteiger partial charge in [-0.05, 0) is 43.2 Å². The first-order valence-corrected chi connectivity index (χ1v) is 9.21. The van der Waals surface area contributed by atoms with E-state index in [1.165, 1.54) is 0 Å². The molecular formula is C14H20N2O2S2. The second-order valence-electron chi connectivity index (χ2n) is 5.57. The third-order valence-corrected chi connectivity index (χ3v) is 7.32. The molecule has 110 valence electrons. The highest BCUT2D eigenvalue weighted by atomic mass is 32.2. The highest BCUT2D eigenvalue weighted by Gasteiger charge is 2.29. The maximum absolute atomic E-state index is 12.6. The van der Waals surface area contributed by atoms with Gasteiger partial charge in [0.2, 0.25) is 0 Å². The number of nitriles is 1. The highest BCUT2D eigenvalue weighted by Crippen LogP contribution is 2.29. The Bertz CT molecular complexity index is 599. The van der Waals surface area contributed by atoms with Gasteiger partial charge in [0.05, 0.1) is 0 Å². The van der Waals surface area contributed by atoms with Crippen molar-refractivity contribution in [2.45, 2.75) is 37.3 Å². The van der Waals surface area contributed by atoms with Crippen molar-refractivity contribution in [2.24, 2.45) is 11.8 Å². The van der Waals surface area contributed by atoms with Crippen molar-refractivity contribution in [3.63, 3.8) is 0 Å².